The lowest BCUT2D eigenvalue weighted by atomic mass is 10.1. The molecule has 2 saturated carbocycles. The van der Waals surface area contributed by atoms with Crippen LogP contribution in [-0.4, -0.2) is 37.3 Å². The number of ether oxygens (including phenoxy) is 1. The molecule has 1 heterocycles. The lowest BCUT2D eigenvalue weighted by Crippen LogP contribution is -2.41. The number of anilines is 1. The number of carbonyl (C=O) groups is 1. The van der Waals surface area contributed by atoms with Crippen molar-refractivity contribution in [2.75, 3.05) is 12.4 Å². The molecule has 2 aromatic rings. The molecule has 9 heteroatoms. The zero-order chi connectivity index (χ0) is 20.3. The SMILES string of the molecule is COc1ccc(S(=O)(=O)c2ccc(NC(=O)NC34CC=C=C5CC53C4)cc2)nn1. The highest BCUT2D eigenvalue weighted by Crippen LogP contribution is 2.78. The summed E-state index contributed by atoms with van der Waals surface area (Å²) in [5, 5.41) is 13.1. The fourth-order valence-corrected chi connectivity index (χ4v) is 5.29. The van der Waals surface area contributed by atoms with Crippen LogP contribution in [0, 0.1) is 5.41 Å². The number of hydrogen-bond acceptors (Lipinski definition) is 6. The maximum Gasteiger partial charge on any atom is 0.319 e. The van der Waals surface area contributed by atoms with E-state index in [9.17, 15) is 13.2 Å². The predicted octanol–water partition coefficient (Wildman–Crippen LogP) is 2.46. The Kier molecular flexibility index (Phi) is 3.65. The molecular formula is C20H18N4O4S. The summed E-state index contributed by atoms with van der Waals surface area (Å²) in [4.78, 5) is 12.5. The Morgan fingerprint density at radius 2 is 1.97 bits per heavy atom. The summed E-state index contributed by atoms with van der Waals surface area (Å²) in [6.45, 7) is 0. The van der Waals surface area contributed by atoms with Crippen molar-refractivity contribution in [2.45, 2.75) is 34.7 Å². The van der Waals surface area contributed by atoms with Gasteiger partial charge in [0.05, 0.1) is 17.5 Å². The fraction of sp³-hybridized carbons (Fsp3) is 0.300. The zero-order valence-corrected chi connectivity index (χ0v) is 16.4. The van der Waals surface area contributed by atoms with Crippen LogP contribution in [0.1, 0.15) is 19.3 Å². The number of aromatic nitrogens is 2. The van der Waals surface area contributed by atoms with Crippen LogP contribution in [0.2, 0.25) is 0 Å². The maximum absolute atomic E-state index is 12.7. The monoisotopic (exact) mass is 410 g/mol. The molecule has 3 aliphatic rings. The fourth-order valence-electron chi connectivity index (χ4n) is 4.15. The van der Waals surface area contributed by atoms with E-state index in [1.54, 1.807) is 12.1 Å². The first-order chi connectivity index (χ1) is 13.9. The van der Waals surface area contributed by atoms with Gasteiger partial charge in [0.25, 0.3) is 0 Å². The Morgan fingerprint density at radius 1 is 1.17 bits per heavy atom. The molecule has 29 heavy (non-hydrogen) atoms. The van der Waals surface area contributed by atoms with E-state index in [4.69, 9.17) is 4.74 Å². The van der Waals surface area contributed by atoms with Gasteiger partial charge in [-0.3, -0.25) is 0 Å². The Bertz CT molecular complexity index is 1180. The van der Waals surface area contributed by atoms with Gasteiger partial charge in [-0.25, -0.2) is 13.2 Å². The summed E-state index contributed by atoms with van der Waals surface area (Å²) in [5.74, 6) is 0.230. The Hall–Kier alpha value is -3.16. The quantitative estimate of drug-likeness (QED) is 0.733. The summed E-state index contributed by atoms with van der Waals surface area (Å²) in [5.41, 5.74) is 5.06. The van der Waals surface area contributed by atoms with Crippen LogP contribution >= 0.6 is 0 Å². The first kappa shape index (κ1) is 17.9. The van der Waals surface area contributed by atoms with E-state index in [1.165, 1.54) is 36.9 Å². The van der Waals surface area contributed by atoms with Crippen molar-refractivity contribution in [1.82, 2.24) is 15.5 Å². The molecule has 3 aliphatic carbocycles. The zero-order valence-electron chi connectivity index (χ0n) is 15.6. The standard InChI is InChI=1S/C20H18N4O4S/c1-28-16-8-9-17(24-23-16)29(26,27)15-6-4-14(5-7-15)21-18(25)22-20-10-2-3-13-11-19(13,20)12-20/h2,4-9H,10-12H2,1H3,(H2,21,22,25). The van der Waals surface area contributed by atoms with Gasteiger partial charge in [-0.15, -0.1) is 15.9 Å². The number of urea groups is 1. The third kappa shape index (κ3) is 2.73. The van der Waals surface area contributed by atoms with Crippen molar-refractivity contribution in [3.63, 3.8) is 0 Å². The second-order valence-electron chi connectivity index (χ2n) is 7.57. The minimum atomic E-state index is -3.81. The van der Waals surface area contributed by atoms with Gasteiger partial charge in [0.1, 0.15) is 0 Å². The van der Waals surface area contributed by atoms with E-state index in [1.807, 2.05) is 6.08 Å². The molecule has 0 saturated heterocycles. The number of benzene rings is 1. The van der Waals surface area contributed by atoms with Crippen molar-refractivity contribution in [1.29, 1.82) is 0 Å². The molecule has 0 bridgehead atoms. The summed E-state index contributed by atoms with van der Waals surface area (Å²) in [6, 6.07) is 8.44. The summed E-state index contributed by atoms with van der Waals surface area (Å²) >= 11 is 0. The second-order valence-corrected chi connectivity index (χ2v) is 9.47. The first-order valence-electron chi connectivity index (χ1n) is 9.15. The average molecular weight is 410 g/mol. The molecule has 0 aliphatic heterocycles. The lowest BCUT2D eigenvalue weighted by molar-refractivity contribution is 0.246. The molecule has 1 aromatic heterocycles. The molecule has 2 atom stereocenters. The van der Waals surface area contributed by atoms with Crippen LogP contribution in [-0.2, 0) is 9.84 Å². The lowest BCUT2D eigenvalue weighted by Gasteiger charge is -2.19. The molecule has 2 unspecified atom stereocenters. The number of nitrogens with zero attached hydrogens (tertiary/aromatic N) is 2. The van der Waals surface area contributed by atoms with Crippen molar-refractivity contribution in [3.8, 4) is 5.88 Å². The molecule has 8 nitrogen and oxygen atoms in total. The molecule has 1 aromatic carbocycles. The van der Waals surface area contributed by atoms with Gasteiger partial charge in [-0.2, -0.15) is 0 Å². The van der Waals surface area contributed by atoms with Gasteiger partial charge in [0, 0.05) is 17.2 Å². The van der Waals surface area contributed by atoms with Crippen molar-refractivity contribution in [2.24, 2.45) is 5.41 Å². The topological polar surface area (TPSA) is 110 Å². The van der Waals surface area contributed by atoms with Crippen LogP contribution in [0.15, 0.2) is 63.7 Å². The minimum absolute atomic E-state index is 0.0628. The largest absolute Gasteiger partial charge is 0.480 e. The highest BCUT2D eigenvalue weighted by atomic mass is 32.2. The number of hydrogen-bond donors (Lipinski definition) is 2. The smallest absolute Gasteiger partial charge is 0.319 e. The van der Waals surface area contributed by atoms with E-state index in [0.29, 0.717) is 5.69 Å². The maximum atomic E-state index is 12.7. The summed E-state index contributed by atoms with van der Waals surface area (Å²) in [7, 11) is -2.38. The third-order valence-electron chi connectivity index (χ3n) is 5.93. The normalized spacial score (nSPS) is 25.9. The van der Waals surface area contributed by atoms with Crippen molar-refractivity contribution < 1.29 is 17.9 Å². The highest BCUT2D eigenvalue weighted by molar-refractivity contribution is 7.91. The van der Waals surface area contributed by atoms with Gasteiger partial charge in [-0.05, 0) is 61.2 Å². The molecule has 2 N–H and O–H groups in total. The van der Waals surface area contributed by atoms with Crippen LogP contribution in [0.5, 0.6) is 5.88 Å². The van der Waals surface area contributed by atoms with Crippen LogP contribution < -0.4 is 15.4 Å². The number of rotatable bonds is 5. The third-order valence-corrected chi connectivity index (χ3v) is 7.59. The molecule has 148 valence electrons. The summed E-state index contributed by atoms with van der Waals surface area (Å²) in [6.07, 6.45) is 4.77. The van der Waals surface area contributed by atoms with E-state index in [-0.39, 0.29) is 32.8 Å². The molecule has 2 amide bonds. The molecule has 1 spiro atoms. The van der Waals surface area contributed by atoms with Crippen molar-refractivity contribution in [3.05, 3.63) is 53.8 Å². The number of amides is 2. The predicted molar refractivity (Wildman–Crippen MR) is 103 cm³/mol. The molecule has 0 radical (unpaired) electrons. The number of carbonyl (C=O) groups excluding carboxylic acids is 1. The van der Waals surface area contributed by atoms with E-state index in [0.717, 1.165) is 19.3 Å². The van der Waals surface area contributed by atoms with Crippen LogP contribution in [0.3, 0.4) is 0 Å². The second kappa shape index (κ2) is 5.92. The van der Waals surface area contributed by atoms with Crippen LogP contribution in [0.25, 0.3) is 0 Å². The van der Waals surface area contributed by atoms with Gasteiger partial charge in [0.2, 0.25) is 15.7 Å². The Morgan fingerprint density at radius 3 is 2.66 bits per heavy atom. The van der Waals surface area contributed by atoms with Gasteiger partial charge in [-0.1, -0.05) is 0 Å². The molecule has 2 fully saturated rings. The summed E-state index contributed by atoms with van der Waals surface area (Å²) < 4.78 is 30.2. The van der Waals surface area contributed by atoms with E-state index < -0.39 is 9.84 Å². The van der Waals surface area contributed by atoms with E-state index in [2.05, 4.69) is 26.6 Å². The highest BCUT2D eigenvalue weighted by Gasteiger charge is 2.78. The molecular weight excluding hydrogens is 392 g/mol. The van der Waals surface area contributed by atoms with Gasteiger partial charge in [0.15, 0.2) is 5.03 Å². The first-order valence-corrected chi connectivity index (χ1v) is 10.6. The average Bonchev–Trinajstić information content (AvgIpc) is 3.58. The number of nitrogens with one attached hydrogen (secondary N) is 2. The Labute approximate surface area is 167 Å². The minimum Gasteiger partial charge on any atom is -0.480 e. The molecule has 5 rings (SSSR count). The van der Waals surface area contributed by atoms with Crippen molar-refractivity contribution >= 4 is 21.6 Å². The number of methoxy groups -OCH3 is 1. The van der Waals surface area contributed by atoms with Gasteiger partial charge < -0.3 is 15.4 Å². The number of sulfone groups is 1. The Balaban J connectivity index is 1.26. The van der Waals surface area contributed by atoms with Crippen LogP contribution in [0.4, 0.5) is 10.5 Å². The van der Waals surface area contributed by atoms with Gasteiger partial charge >= 0.3 is 6.03 Å². The van der Waals surface area contributed by atoms with E-state index >= 15 is 0 Å².